The second-order valence-corrected chi connectivity index (χ2v) is 15.8. The van der Waals surface area contributed by atoms with Gasteiger partial charge < -0.3 is 19.5 Å². The molecule has 15 nitrogen and oxygen atoms in total. The molecule has 0 bridgehead atoms. The normalized spacial score (nSPS) is 21.2. The Labute approximate surface area is 323 Å². The van der Waals surface area contributed by atoms with Crippen LogP contribution in [0.15, 0.2) is 67.4 Å². The molecule has 2 saturated heterocycles. The van der Waals surface area contributed by atoms with E-state index in [0.717, 1.165) is 85.8 Å². The first-order chi connectivity index (χ1) is 27.4. The molecule has 10 rings (SSSR count). The van der Waals surface area contributed by atoms with Gasteiger partial charge in [0.1, 0.15) is 11.4 Å². The number of anilines is 2. The van der Waals surface area contributed by atoms with Crippen LogP contribution in [0.2, 0.25) is 0 Å². The fourth-order valence-corrected chi connectivity index (χ4v) is 8.85. The van der Waals surface area contributed by atoms with Crippen LogP contribution in [0.25, 0.3) is 27.6 Å². The number of likely N-dealkylation sites (tertiary alicyclic amines) is 1. The summed E-state index contributed by atoms with van der Waals surface area (Å²) in [4.78, 5) is 51.2. The van der Waals surface area contributed by atoms with Crippen molar-refractivity contribution in [2.75, 3.05) is 36.4 Å². The van der Waals surface area contributed by atoms with E-state index in [0.29, 0.717) is 53.7 Å². The average molecular weight is 756 g/mol. The molecule has 4 amide bonds. The number of nitrogens with one attached hydrogen (secondary N) is 2. The lowest BCUT2D eigenvalue weighted by Gasteiger charge is -2.35. The number of carbonyl (C=O) groups is 3. The van der Waals surface area contributed by atoms with Gasteiger partial charge in [-0.25, -0.2) is 14.8 Å². The summed E-state index contributed by atoms with van der Waals surface area (Å²) in [5, 5.41) is 16.6. The Kier molecular flexibility index (Phi) is 8.88. The van der Waals surface area contributed by atoms with E-state index in [1.165, 1.54) is 19.3 Å². The van der Waals surface area contributed by atoms with E-state index >= 15 is 0 Å². The van der Waals surface area contributed by atoms with Crippen LogP contribution < -0.4 is 20.3 Å². The molecule has 4 aliphatic rings. The first kappa shape index (κ1) is 34.6. The van der Waals surface area contributed by atoms with Crippen molar-refractivity contribution >= 4 is 56.9 Å². The van der Waals surface area contributed by atoms with Gasteiger partial charge in [0.05, 0.1) is 35.1 Å². The van der Waals surface area contributed by atoms with Crippen molar-refractivity contribution in [1.82, 2.24) is 44.1 Å². The summed E-state index contributed by atoms with van der Waals surface area (Å²) in [6.45, 7) is 3.60. The van der Waals surface area contributed by atoms with Gasteiger partial charge >= 0.3 is 6.03 Å². The summed E-state index contributed by atoms with van der Waals surface area (Å²) in [5.74, 6) is 1.28. The number of imidazole rings is 1. The molecule has 2 saturated carbocycles. The van der Waals surface area contributed by atoms with Crippen molar-refractivity contribution in [1.29, 1.82) is 0 Å². The van der Waals surface area contributed by atoms with E-state index in [1.807, 2.05) is 30.3 Å². The van der Waals surface area contributed by atoms with Crippen LogP contribution >= 0.6 is 0 Å². The van der Waals surface area contributed by atoms with Gasteiger partial charge in [0.25, 0.3) is 5.91 Å². The fourth-order valence-electron chi connectivity index (χ4n) is 8.85. The van der Waals surface area contributed by atoms with Crippen molar-refractivity contribution in [2.45, 2.75) is 82.4 Å². The monoisotopic (exact) mass is 755 g/mol. The Morgan fingerprint density at radius 1 is 0.929 bits per heavy atom. The third kappa shape index (κ3) is 6.73. The highest BCUT2D eigenvalue weighted by Crippen LogP contribution is 2.38. The number of carbonyl (C=O) groups excluding carboxylic acids is 3. The molecule has 2 N–H and O–H groups in total. The zero-order valence-corrected chi connectivity index (χ0v) is 31.2. The number of benzene rings is 1. The summed E-state index contributed by atoms with van der Waals surface area (Å²) in [5.41, 5.74) is 3.68. The maximum absolute atomic E-state index is 13.6. The summed E-state index contributed by atoms with van der Waals surface area (Å²) in [7, 11) is 0. The standard InChI is InChI=1S/C41H45N11O4/c53-38-14-21-50(41(55)46-38)34-9-16-42-39-31(34)13-20-49(39)28-11-18-48(19-12-28)17-10-26-3-5-29(6-4-26)51-25-27-22-32(35(23-33(27)47-51)56-30-7-8-30)40(54)45-37-24-43-36-2-1-15-44-52(36)37/h1-2,9,13,15-16,20,22-26,28-30H,3-8,10-12,14,17-19,21H2,(H,45,54)(H,46,53,55). The van der Waals surface area contributed by atoms with Crippen LogP contribution in [-0.4, -0.2) is 89.0 Å². The van der Waals surface area contributed by atoms with Gasteiger partial charge in [0.2, 0.25) is 5.91 Å². The molecule has 56 heavy (non-hydrogen) atoms. The number of aromatic nitrogens is 7. The molecule has 5 aromatic heterocycles. The maximum atomic E-state index is 13.6. The molecule has 0 atom stereocenters. The number of piperidine rings is 1. The molecule has 2 aliphatic heterocycles. The molecule has 4 fully saturated rings. The van der Waals surface area contributed by atoms with Gasteiger partial charge in [0, 0.05) is 73.7 Å². The lowest BCUT2D eigenvalue weighted by Crippen LogP contribution is -2.49. The van der Waals surface area contributed by atoms with E-state index in [-0.39, 0.29) is 23.9 Å². The number of hydrogen-bond donors (Lipinski definition) is 2. The minimum Gasteiger partial charge on any atom is -0.490 e. The van der Waals surface area contributed by atoms with Gasteiger partial charge in [-0.15, -0.1) is 0 Å². The smallest absolute Gasteiger partial charge is 0.328 e. The van der Waals surface area contributed by atoms with Crippen LogP contribution in [0.5, 0.6) is 5.75 Å². The predicted octanol–water partition coefficient (Wildman–Crippen LogP) is 6.13. The quantitative estimate of drug-likeness (QED) is 0.168. The molecular weight excluding hydrogens is 711 g/mol. The molecule has 288 valence electrons. The minimum atomic E-state index is -0.373. The SMILES string of the molecule is O=C1CCN(c2ccnc3c2ccn3C2CCN(CCC3CCC(n4cc5cc(C(=O)Nc6cnc7cccnn67)c(OC6CC6)cc5n4)CC3)CC2)C(=O)N1. The van der Waals surface area contributed by atoms with E-state index < -0.39 is 0 Å². The highest BCUT2D eigenvalue weighted by molar-refractivity contribution is 6.09. The van der Waals surface area contributed by atoms with Gasteiger partial charge in [-0.3, -0.25) is 24.5 Å². The van der Waals surface area contributed by atoms with Crippen molar-refractivity contribution in [3.63, 3.8) is 0 Å². The number of pyridine rings is 1. The van der Waals surface area contributed by atoms with Gasteiger partial charge in [-0.1, -0.05) is 0 Å². The van der Waals surface area contributed by atoms with E-state index in [9.17, 15) is 14.4 Å². The Morgan fingerprint density at radius 2 is 1.79 bits per heavy atom. The number of fused-ring (bicyclic) bond motifs is 3. The van der Waals surface area contributed by atoms with Crippen molar-refractivity contribution in [2.24, 2.45) is 5.92 Å². The van der Waals surface area contributed by atoms with E-state index in [4.69, 9.17) is 14.8 Å². The molecule has 15 heteroatoms. The summed E-state index contributed by atoms with van der Waals surface area (Å²) in [6, 6.07) is 11.7. The Morgan fingerprint density at radius 3 is 2.61 bits per heavy atom. The topological polar surface area (TPSA) is 157 Å². The number of imide groups is 1. The predicted molar refractivity (Wildman–Crippen MR) is 210 cm³/mol. The van der Waals surface area contributed by atoms with Crippen molar-refractivity contribution in [3.8, 4) is 5.75 Å². The Balaban J connectivity index is 0.739. The first-order valence-electron chi connectivity index (χ1n) is 20.0. The summed E-state index contributed by atoms with van der Waals surface area (Å²) >= 11 is 0. The molecule has 2 aliphatic carbocycles. The average Bonchev–Trinajstić information content (AvgIpc) is 3.57. The molecular formula is C41H45N11O4. The van der Waals surface area contributed by atoms with Gasteiger partial charge in [-0.05, 0) is 101 Å². The summed E-state index contributed by atoms with van der Waals surface area (Å²) in [6.07, 6.45) is 19.5. The second-order valence-electron chi connectivity index (χ2n) is 15.8. The van der Waals surface area contributed by atoms with Crippen molar-refractivity contribution < 1.29 is 19.1 Å². The summed E-state index contributed by atoms with van der Waals surface area (Å²) < 4.78 is 12.2. The van der Waals surface area contributed by atoms with Gasteiger partial charge in [0.15, 0.2) is 11.5 Å². The lowest BCUT2D eigenvalue weighted by atomic mass is 9.84. The van der Waals surface area contributed by atoms with E-state index in [1.54, 1.807) is 28.0 Å². The third-order valence-electron chi connectivity index (χ3n) is 12.1. The lowest BCUT2D eigenvalue weighted by molar-refractivity contribution is -0.120. The Bertz CT molecular complexity index is 2450. The minimum absolute atomic E-state index is 0.137. The van der Waals surface area contributed by atoms with Crippen LogP contribution in [0.4, 0.5) is 16.3 Å². The zero-order valence-electron chi connectivity index (χ0n) is 31.2. The highest BCUT2D eigenvalue weighted by atomic mass is 16.5. The molecule has 0 radical (unpaired) electrons. The number of ether oxygens (including phenoxy) is 1. The number of hydrogen-bond acceptors (Lipinski definition) is 9. The molecule has 0 spiro atoms. The molecule has 6 aromatic rings. The molecule has 1 aromatic carbocycles. The van der Waals surface area contributed by atoms with Crippen LogP contribution in [0, 0.1) is 5.92 Å². The number of rotatable bonds is 10. The van der Waals surface area contributed by atoms with Crippen LogP contribution in [0.3, 0.4) is 0 Å². The third-order valence-corrected chi connectivity index (χ3v) is 12.1. The van der Waals surface area contributed by atoms with Gasteiger partial charge in [-0.2, -0.15) is 14.7 Å². The molecule has 0 unspecified atom stereocenters. The largest absolute Gasteiger partial charge is 0.490 e. The van der Waals surface area contributed by atoms with Crippen molar-refractivity contribution in [3.05, 3.63) is 72.9 Å². The number of amides is 4. The number of nitrogens with zero attached hydrogens (tertiary/aromatic N) is 9. The first-order valence-corrected chi connectivity index (χ1v) is 20.0. The van der Waals surface area contributed by atoms with Crippen LogP contribution in [-0.2, 0) is 4.79 Å². The fraction of sp³-hybridized carbons (Fsp3) is 0.439. The zero-order chi connectivity index (χ0) is 37.8. The van der Waals surface area contributed by atoms with E-state index in [2.05, 4.69) is 53.3 Å². The second kappa shape index (κ2) is 14.3. The Hall–Kier alpha value is -5.83. The highest BCUT2D eigenvalue weighted by Gasteiger charge is 2.30. The van der Waals surface area contributed by atoms with Crippen LogP contribution in [0.1, 0.15) is 86.6 Å². The number of urea groups is 1. The molecule has 7 heterocycles. The maximum Gasteiger partial charge on any atom is 0.328 e.